The predicted octanol–water partition coefficient (Wildman–Crippen LogP) is 4.87. The molecule has 2 fully saturated rings. The second-order valence-corrected chi connectivity index (χ2v) is 8.79. The number of carbonyl (C=O) groups is 2. The fourth-order valence-corrected chi connectivity index (χ4v) is 4.91. The van der Waals surface area contributed by atoms with Crippen molar-refractivity contribution in [3.63, 3.8) is 0 Å². The minimum absolute atomic E-state index is 0.0474. The molecule has 0 aliphatic carbocycles. The van der Waals surface area contributed by atoms with Crippen LogP contribution in [0.3, 0.4) is 0 Å². The van der Waals surface area contributed by atoms with Crippen molar-refractivity contribution in [2.24, 2.45) is 0 Å². The number of thiophene rings is 2. The molecular weight excluding hydrogens is 441 g/mol. The van der Waals surface area contributed by atoms with Gasteiger partial charge >= 0.3 is 18.2 Å². The van der Waals surface area contributed by atoms with Gasteiger partial charge in [0.2, 0.25) is 0 Å². The molecule has 2 saturated heterocycles. The van der Waals surface area contributed by atoms with Crippen molar-refractivity contribution in [3.05, 3.63) is 39.9 Å². The van der Waals surface area contributed by atoms with Gasteiger partial charge in [0.25, 0.3) is 0 Å². The van der Waals surface area contributed by atoms with Gasteiger partial charge in [-0.1, -0.05) is 0 Å². The number of rotatable bonds is 4. The highest BCUT2D eigenvalue weighted by Gasteiger charge is 2.38. The molecule has 164 valence electrons. The van der Waals surface area contributed by atoms with Crippen molar-refractivity contribution < 1.29 is 32.6 Å². The summed E-state index contributed by atoms with van der Waals surface area (Å²) in [6, 6.07) is 7.06. The van der Waals surface area contributed by atoms with Crippen LogP contribution in [0.25, 0.3) is 0 Å². The summed E-state index contributed by atoms with van der Waals surface area (Å²) in [6.45, 7) is 0.570. The van der Waals surface area contributed by atoms with E-state index in [0.29, 0.717) is 18.6 Å². The maximum atomic E-state index is 12.8. The van der Waals surface area contributed by atoms with Crippen molar-refractivity contribution in [1.82, 2.24) is 5.32 Å². The Kier molecular flexibility index (Phi) is 7.37. The zero-order valence-corrected chi connectivity index (χ0v) is 17.4. The van der Waals surface area contributed by atoms with Crippen molar-refractivity contribution in [3.8, 4) is 0 Å². The molecule has 2 aromatic rings. The number of piperidine rings is 1. The van der Waals surface area contributed by atoms with Crippen LogP contribution in [0.5, 0.6) is 0 Å². The second kappa shape index (κ2) is 9.80. The summed E-state index contributed by atoms with van der Waals surface area (Å²) >= 11 is 3.22. The lowest BCUT2D eigenvalue weighted by atomic mass is 10.0. The molecule has 0 saturated carbocycles. The van der Waals surface area contributed by atoms with E-state index in [2.05, 4.69) is 16.8 Å². The highest BCUT2D eigenvalue weighted by molar-refractivity contribution is 7.14. The Bertz CT molecular complexity index is 815. The van der Waals surface area contributed by atoms with Crippen LogP contribution in [0.15, 0.2) is 34.3 Å². The summed E-state index contributed by atoms with van der Waals surface area (Å²) in [6.07, 6.45) is -0.946. The maximum absolute atomic E-state index is 12.8. The van der Waals surface area contributed by atoms with Gasteiger partial charge in [0.15, 0.2) is 0 Å². The van der Waals surface area contributed by atoms with Gasteiger partial charge in [0.05, 0.1) is 6.54 Å². The first-order valence-electron chi connectivity index (χ1n) is 9.31. The Morgan fingerprint density at radius 2 is 1.87 bits per heavy atom. The monoisotopic (exact) mass is 462 g/mol. The van der Waals surface area contributed by atoms with Crippen LogP contribution < -0.4 is 10.2 Å². The van der Waals surface area contributed by atoms with Crippen molar-refractivity contribution >= 4 is 39.7 Å². The van der Waals surface area contributed by atoms with Gasteiger partial charge in [-0.15, -0.1) is 11.3 Å². The average molecular weight is 463 g/mol. The first kappa shape index (κ1) is 22.6. The van der Waals surface area contributed by atoms with Crippen LogP contribution in [0.4, 0.5) is 23.0 Å². The summed E-state index contributed by atoms with van der Waals surface area (Å²) in [5.74, 6) is -2.76. The van der Waals surface area contributed by atoms with Gasteiger partial charge in [-0.25, -0.2) is 9.59 Å². The molecule has 2 aliphatic rings. The summed E-state index contributed by atoms with van der Waals surface area (Å²) in [5, 5.41) is 17.8. The van der Waals surface area contributed by atoms with Crippen LogP contribution in [-0.4, -0.2) is 41.5 Å². The number of hydrogen-bond donors (Lipinski definition) is 2. The molecular formula is C19H21F3N2O4S2. The number of carbonyl (C=O) groups excluding carboxylic acids is 1. The average Bonchev–Trinajstić information content (AvgIpc) is 3.42. The largest absolute Gasteiger partial charge is 0.490 e. The van der Waals surface area contributed by atoms with Gasteiger partial charge in [0, 0.05) is 12.1 Å². The van der Waals surface area contributed by atoms with E-state index in [-0.39, 0.29) is 12.2 Å². The van der Waals surface area contributed by atoms with Crippen LogP contribution in [0, 0.1) is 0 Å². The molecule has 0 aromatic carbocycles. The molecule has 30 heavy (non-hydrogen) atoms. The van der Waals surface area contributed by atoms with Crippen LogP contribution in [0.2, 0.25) is 0 Å². The van der Waals surface area contributed by atoms with Crippen molar-refractivity contribution in [2.45, 2.75) is 56.6 Å². The Morgan fingerprint density at radius 3 is 2.37 bits per heavy atom. The number of carboxylic acids is 1. The number of fused-ring (bicyclic) bond motifs is 2. The molecule has 11 heteroatoms. The number of ether oxygens (including phenoxy) is 1. The highest BCUT2D eigenvalue weighted by atomic mass is 32.1. The molecule has 4 heterocycles. The smallest absolute Gasteiger partial charge is 0.475 e. The van der Waals surface area contributed by atoms with E-state index in [4.69, 9.17) is 14.6 Å². The zero-order chi connectivity index (χ0) is 21.7. The lowest BCUT2D eigenvalue weighted by molar-refractivity contribution is -0.192. The predicted molar refractivity (Wildman–Crippen MR) is 108 cm³/mol. The third-order valence-electron chi connectivity index (χ3n) is 4.85. The summed E-state index contributed by atoms with van der Waals surface area (Å²) in [7, 11) is 0. The second-order valence-electron chi connectivity index (χ2n) is 7.09. The third-order valence-corrected chi connectivity index (χ3v) is 6.48. The fraction of sp³-hybridized carbons (Fsp3) is 0.474. The molecule has 4 rings (SSSR count). The molecule has 2 N–H and O–H groups in total. The first-order chi connectivity index (χ1) is 14.2. The van der Waals surface area contributed by atoms with E-state index in [1.807, 2.05) is 22.9 Å². The molecule has 2 bridgehead atoms. The van der Waals surface area contributed by atoms with Gasteiger partial charge < -0.3 is 15.2 Å². The lowest BCUT2D eigenvalue weighted by Crippen LogP contribution is -2.44. The Morgan fingerprint density at radius 1 is 1.20 bits per heavy atom. The molecule has 2 aromatic heterocycles. The number of nitrogens with one attached hydrogen (secondary N) is 1. The molecule has 2 aliphatic heterocycles. The van der Waals surface area contributed by atoms with E-state index >= 15 is 0 Å². The van der Waals surface area contributed by atoms with E-state index in [9.17, 15) is 18.0 Å². The van der Waals surface area contributed by atoms with Crippen LogP contribution in [-0.2, 0) is 16.1 Å². The van der Waals surface area contributed by atoms with Crippen molar-refractivity contribution in [1.29, 1.82) is 0 Å². The summed E-state index contributed by atoms with van der Waals surface area (Å²) in [5.41, 5.74) is 1.14. The molecule has 2 atom stereocenters. The maximum Gasteiger partial charge on any atom is 0.490 e. The number of amides is 1. The standard InChI is InChI=1S/C17H20N2O2S2.C2HF3O2/c20-17(21-15-8-13-3-4-14(9-15)18-13)19(16-2-1-6-23-16)10-12-5-7-22-11-12;3-2(4,5)1(6)7/h1-2,5-7,11,13-15,18H,3-4,8-10H2;(H,6,7). The summed E-state index contributed by atoms with van der Waals surface area (Å²) < 4.78 is 37.6. The highest BCUT2D eigenvalue weighted by Crippen LogP contribution is 2.30. The van der Waals surface area contributed by atoms with Gasteiger partial charge in [-0.3, -0.25) is 4.90 Å². The number of aliphatic carboxylic acids is 1. The number of hydrogen-bond acceptors (Lipinski definition) is 6. The van der Waals surface area contributed by atoms with Gasteiger partial charge in [-0.2, -0.15) is 24.5 Å². The molecule has 0 spiro atoms. The number of nitrogens with zero attached hydrogens (tertiary/aromatic N) is 1. The molecule has 1 amide bonds. The van der Waals surface area contributed by atoms with Gasteiger partial charge in [0.1, 0.15) is 11.1 Å². The SMILES string of the molecule is O=C(O)C(F)(F)F.O=C(OC1CC2CCC(C1)N2)N(Cc1ccsc1)c1cccs1. The number of alkyl halides is 3. The van der Waals surface area contributed by atoms with Crippen LogP contribution >= 0.6 is 22.7 Å². The Balaban J connectivity index is 0.000000318. The van der Waals surface area contributed by atoms with E-state index < -0.39 is 12.1 Å². The lowest BCUT2D eigenvalue weighted by Gasteiger charge is -2.30. The Labute approximate surface area is 179 Å². The van der Waals surface area contributed by atoms with E-state index in [0.717, 1.165) is 23.4 Å². The number of halogens is 3. The number of anilines is 1. The number of carboxylic acid groups (broad SMARTS) is 1. The normalized spacial score (nSPS) is 22.7. The van der Waals surface area contributed by atoms with E-state index in [1.165, 1.54) is 12.8 Å². The summed E-state index contributed by atoms with van der Waals surface area (Å²) in [4.78, 5) is 23.4. The van der Waals surface area contributed by atoms with E-state index in [1.54, 1.807) is 27.6 Å². The fourth-order valence-electron chi connectivity index (χ4n) is 3.53. The molecule has 0 radical (unpaired) electrons. The van der Waals surface area contributed by atoms with Crippen LogP contribution in [0.1, 0.15) is 31.2 Å². The zero-order valence-electron chi connectivity index (χ0n) is 15.8. The van der Waals surface area contributed by atoms with Crippen molar-refractivity contribution in [2.75, 3.05) is 4.90 Å². The quantitative estimate of drug-likeness (QED) is 0.678. The van der Waals surface area contributed by atoms with Gasteiger partial charge in [-0.05, 0) is 65.6 Å². The Hall–Kier alpha value is -2.11. The topological polar surface area (TPSA) is 78.9 Å². The third kappa shape index (κ3) is 6.19. The molecule has 6 nitrogen and oxygen atoms in total. The minimum atomic E-state index is -5.08. The molecule has 2 unspecified atom stereocenters. The minimum Gasteiger partial charge on any atom is -0.475 e. The first-order valence-corrected chi connectivity index (χ1v) is 11.1.